The lowest BCUT2D eigenvalue weighted by Gasteiger charge is -2.41. The Morgan fingerprint density at radius 1 is 0.793 bits per heavy atom. The number of ether oxygens (including phenoxy) is 1. The molecule has 2 saturated heterocycles. The van der Waals surface area contributed by atoms with Gasteiger partial charge >= 0.3 is 6.03 Å². The Morgan fingerprint density at radius 2 is 1.34 bits per heavy atom. The minimum absolute atomic E-state index is 0.114. The van der Waals surface area contributed by atoms with Crippen LogP contribution in [0, 0.1) is 5.82 Å². The molecule has 0 radical (unpaired) electrons. The smallest absolute Gasteiger partial charge is 0.320 e. The fraction of sp³-hybridized carbons (Fsp3) is 0.409. The number of rotatable bonds is 3. The Hall–Kier alpha value is -2.96. The van der Waals surface area contributed by atoms with Crippen LogP contribution < -0.4 is 14.5 Å². The lowest BCUT2D eigenvalue weighted by atomic mass is 10.2. The number of para-hydroxylation sites is 2. The highest BCUT2D eigenvalue weighted by Gasteiger charge is 2.28. The summed E-state index contributed by atoms with van der Waals surface area (Å²) in [5.74, 6) is 0.638. The van der Waals surface area contributed by atoms with Gasteiger partial charge in [0.15, 0.2) is 0 Å². The maximum Gasteiger partial charge on any atom is 0.320 e. The molecule has 0 aliphatic carbocycles. The highest BCUT2D eigenvalue weighted by atomic mass is 19.1. The number of halogens is 1. The van der Waals surface area contributed by atoms with E-state index >= 15 is 0 Å². The van der Waals surface area contributed by atoms with E-state index in [1.165, 1.54) is 12.1 Å². The van der Waals surface area contributed by atoms with E-state index in [0.29, 0.717) is 26.2 Å². The van der Waals surface area contributed by atoms with E-state index in [9.17, 15) is 9.18 Å². The van der Waals surface area contributed by atoms with E-state index in [1.54, 1.807) is 19.2 Å². The van der Waals surface area contributed by atoms with Gasteiger partial charge in [-0.25, -0.2) is 9.18 Å². The number of anilines is 2. The van der Waals surface area contributed by atoms with Gasteiger partial charge in [-0.2, -0.15) is 0 Å². The predicted octanol–water partition coefficient (Wildman–Crippen LogP) is 2.90. The Kier molecular flexibility index (Phi) is 5.74. The van der Waals surface area contributed by atoms with Crippen LogP contribution >= 0.6 is 0 Å². The van der Waals surface area contributed by atoms with Gasteiger partial charge in [0.25, 0.3) is 0 Å². The van der Waals surface area contributed by atoms with Crippen molar-refractivity contribution in [1.29, 1.82) is 0 Å². The molecule has 4 rings (SSSR count). The van der Waals surface area contributed by atoms with Gasteiger partial charge in [-0.05, 0) is 36.4 Å². The van der Waals surface area contributed by atoms with Gasteiger partial charge in [-0.1, -0.05) is 12.1 Å². The van der Waals surface area contributed by atoms with E-state index in [1.807, 2.05) is 28.0 Å². The summed E-state index contributed by atoms with van der Waals surface area (Å²) in [6.45, 7) is 5.89. The molecule has 7 heteroatoms. The summed E-state index contributed by atoms with van der Waals surface area (Å²) >= 11 is 0. The highest BCUT2D eigenvalue weighted by molar-refractivity contribution is 5.75. The molecule has 0 spiro atoms. The number of amides is 2. The highest BCUT2D eigenvalue weighted by Crippen LogP contribution is 2.28. The number of nitrogens with zero attached hydrogens (tertiary/aromatic N) is 4. The molecule has 0 aromatic heterocycles. The van der Waals surface area contributed by atoms with E-state index < -0.39 is 0 Å². The van der Waals surface area contributed by atoms with Gasteiger partial charge in [-0.3, -0.25) is 0 Å². The van der Waals surface area contributed by atoms with Crippen LogP contribution in [0.3, 0.4) is 0 Å². The van der Waals surface area contributed by atoms with E-state index in [4.69, 9.17) is 4.74 Å². The molecule has 29 heavy (non-hydrogen) atoms. The number of hydrogen-bond donors (Lipinski definition) is 0. The van der Waals surface area contributed by atoms with Crippen LogP contribution in [0.2, 0.25) is 0 Å². The lowest BCUT2D eigenvalue weighted by Crippen LogP contribution is -2.57. The van der Waals surface area contributed by atoms with Crippen LogP contribution in [0.4, 0.5) is 20.6 Å². The Labute approximate surface area is 171 Å². The van der Waals surface area contributed by atoms with E-state index in [2.05, 4.69) is 15.9 Å². The van der Waals surface area contributed by atoms with E-state index in [-0.39, 0.29) is 11.8 Å². The first kappa shape index (κ1) is 19.4. The molecule has 0 bridgehead atoms. The van der Waals surface area contributed by atoms with Crippen molar-refractivity contribution in [1.82, 2.24) is 9.80 Å². The van der Waals surface area contributed by atoms with Crippen LogP contribution in [-0.2, 0) is 0 Å². The first-order chi connectivity index (χ1) is 14.2. The van der Waals surface area contributed by atoms with E-state index in [0.717, 1.165) is 43.3 Å². The molecular formula is C22H27FN4O2. The molecule has 0 unspecified atom stereocenters. The van der Waals surface area contributed by atoms with Crippen molar-refractivity contribution in [3.05, 3.63) is 54.3 Å². The molecule has 2 aromatic rings. The third kappa shape index (κ3) is 4.23. The van der Waals surface area contributed by atoms with Crippen molar-refractivity contribution in [2.75, 3.05) is 69.3 Å². The second-order valence-electron chi connectivity index (χ2n) is 7.38. The number of carbonyl (C=O) groups is 1. The Balaban J connectivity index is 1.29. The summed E-state index contributed by atoms with van der Waals surface area (Å²) in [5.41, 5.74) is 2.08. The van der Waals surface area contributed by atoms with Gasteiger partial charge in [0.05, 0.1) is 12.8 Å². The molecule has 6 nitrogen and oxygen atoms in total. The zero-order chi connectivity index (χ0) is 20.2. The topological polar surface area (TPSA) is 39.3 Å². The Morgan fingerprint density at radius 3 is 1.93 bits per heavy atom. The molecule has 0 atom stereocenters. The molecule has 2 heterocycles. The van der Waals surface area contributed by atoms with Crippen molar-refractivity contribution in [3.8, 4) is 5.75 Å². The molecule has 2 aromatic carbocycles. The monoisotopic (exact) mass is 398 g/mol. The zero-order valence-electron chi connectivity index (χ0n) is 16.8. The Bertz CT molecular complexity index is 829. The number of hydrogen-bond acceptors (Lipinski definition) is 4. The van der Waals surface area contributed by atoms with Gasteiger partial charge in [0.1, 0.15) is 11.6 Å². The molecule has 2 aliphatic rings. The summed E-state index contributed by atoms with van der Waals surface area (Å²) in [6, 6.07) is 14.7. The predicted molar refractivity (Wildman–Crippen MR) is 112 cm³/mol. The van der Waals surface area contributed by atoms with Crippen molar-refractivity contribution in [2.24, 2.45) is 0 Å². The number of urea groups is 1. The minimum atomic E-state index is -0.227. The maximum absolute atomic E-state index is 13.1. The van der Waals surface area contributed by atoms with Crippen LogP contribution in [0.15, 0.2) is 48.5 Å². The van der Waals surface area contributed by atoms with Gasteiger partial charge in [0.2, 0.25) is 0 Å². The quantitative estimate of drug-likeness (QED) is 0.797. The van der Waals surface area contributed by atoms with Crippen molar-refractivity contribution >= 4 is 17.4 Å². The number of carbonyl (C=O) groups excluding carboxylic acids is 1. The SMILES string of the molecule is COc1ccccc1N1CCN(C(=O)N2CCN(c3ccc(F)cc3)CC2)CC1. The molecule has 154 valence electrons. The number of piperazine rings is 2. The van der Waals surface area contributed by atoms with Gasteiger partial charge in [0, 0.05) is 58.0 Å². The maximum atomic E-state index is 13.1. The molecular weight excluding hydrogens is 371 g/mol. The summed E-state index contributed by atoms with van der Waals surface area (Å²) < 4.78 is 18.6. The fourth-order valence-electron chi connectivity index (χ4n) is 4.04. The molecule has 2 amide bonds. The van der Waals surface area contributed by atoms with Gasteiger partial charge in [-0.15, -0.1) is 0 Å². The minimum Gasteiger partial charge on any atom is -0.495 e. The van der Waals surface area contributed by atoms with Crippen LogP contribution in [0.25, 0.3) is 0 Å². The average Bonchev–Trinajstić information content (AvgIpc) is 2.79. The average molecular weight is 398 g/mol. The largest absolute Gasteiger partial charge is 0.495 e. The second-order valence-corrected chi connectivity index (χ2v) is 7.38. The standard InChI is InChI=1S/C22H27FN4O2/c1-29-21-5-3-2-4-20(21)25-12-16-27(17-13-25)22(28)26-14-10-24(11-15-26)19-8-6-18(23)7-9-19/h2-9H,10-17H2,1H3. The van der Waals surface area contributed by atoms with Crippen LogP contribution in [0.1, 0.15) is 0 Å². The molecule has 0 saturated carbocycles. The third-order valence-corrected chi connectivity index (χ3v) is 5.72. The third-order valence-electron chi connectivity index (χ3n) is 5.72. The normalized spacial score (nSPS) is 17.4. The van der Waals surface area contributed by atoms with Gasteiger partial charge < -0.3 is 24.3 Å². The first-order valence-corrected chi connectivity index (χ1v) is 10.1. The summed E-state index contributed by atoms with van der Waals surface area (Å²) in [6.07, 6.45) is 0. The second kappa shape index (κ2) is 8.59. The van der Waals surface area contributed by atoms with Crippen molar-refractivity contribution in [2.45, 2.75) is 0 Å². The first-order valence-electron chi connectivity index (χ1n) is 10.1. The summed E-state index contributed by atoms with van der Waals surface area (Å²) in [4.78, 5) is 21.3. The lowest BCUT2D eigenvalue weighted by molar-refractivity contribution is 0.147. The molecule has 2 aliphatic heterocycles. The summed E-state index contributed by atoms with van der Waals surface area (Å²) in [5, 5.41) is 0. The van der Waals surface area contributed by atoms with Crippen LogP contribution in [0.5, 0.6) is 5.75 Å². The van der Waals surface area contributed by atoms with Crippen molar-refractivity contribution in [3.63, 3.8) is 0 Å². The molecule has 2 fully saturated rings. The van der Waals surface area contributed by atoms with Crippen LogP contribution in [-0.4, -0.2) is 75.3 Å². The fourth-order valence-corrected chi connectivity index (χ4v) is 4.04. The zero-order valence-corrected chi connectivity index (χ0v) is 16.8. The summed E-state index contributed by atoms with van der Waals surface area (Å²) in [7, 11) is 1.68. The van der Waals surface area contributed by atoms with Crippen molar-refractivity contribution < 1.29 is 13.9 Å². The number of benzene rings is 2. The molecule has 0 N–H and O–H groups in total. The number of methoxy groups -OCH3 is 1.